The van der Waals surface area contributed by atoms with Crippen LogP contribution in [0.15, 0.2) is 42.5 Å². The van der Waals surface area contributed by atoms with Crippen LogP contribution in [0.1, 0.15) is 18.5 Å². The Labute approximate surface area is 116 Å². The summed E-state index contributed by atoms with van der Waals surface area (Å²) in [5, 5.41) is 4.11. The van der Waals surface area contributed by atoms with Crippen LogP contribution in [0.3, 0.4) is 0 Å². The fourth-order valence-corrected chi connectivity index (χ4v) is 2.03. The van der Waals surface area contributed by atoms with Gasteiger partial charge in [-0.3, -0.25) is 0 Å². The third kappa shape index (κ3) is 2.95. The van der Waals surface area contributed by atoms with Gasteiger partial charge in [-0.1, -0.05) is 41.4 Å². The average Bonchev–Trinajstić information content (AvgIpc) is 2.34. The van der Waals surface area contributed by atoms with Crippen LogP contribution in [0.4, 0.5) is 10.1 Å². The Morgan fingerprint density at radius 2 is 1.72 bits per heavy atom. The summed E-state index contributed by atoms with van der Waals surface area (Å²) in [4.78, 5) is 0. The van der Waals surface area contributed by atoms with Gasteiger partial charge in [-0.05, 0) is 36.8 Å². The van der Waals surface area contributed by atoms with E-state index in [9.17, 15) is 4.39 Å². The standard InChI is InChI=1S/C14H12Cl2FN/c1-9(10-5-7-11(15)8-6-10)18-14-12(16)3-2-4-13(14)17/h2-9,18H,1H3. The fourth-order valence-electron chi connectivity index (χ4n) is 1.69. The molecule has 2 aromatic rings. The van der Waals surface area contributed by atoms with Gasteiger partial charge in [0.2, 0.25) is 0 Å². The molecule has 0 spiro atoms. The van der Waals surface area contributed by atoms with Gasteiger partial charge in [-0.15, -0.1) is 0 Å². The molecule has 94 valence electrons. The second kappa shape index (κ2) is 5.59. The summed E-state index contributed by atoms with van der Waals surface area (Å²) in [5.74, 6) is -0.358. The van der Waals surface area contributed by atoms with E-state index in [2.05, 4.69) is 5.32 Å². The normalized spacial score (nSPS) is 12.2. The highest BCUT2D eigenvalue weighted by Gasteiger charge is 2.11. The second-order valence-corrected chi connectivity index (χ2v) is 4.86. The molecule has 1 nitrogen and oxygen atoms in total. The molecule has 0 radical (unpaired) electrons. The van der Waals surface area contributed by atoms with E-state index >= 15 is 0 Å². The van der Waals surface area contributed by atoms with Crippen LogP contribution in [0.25, 0.3) is 0 Å². The van der Waals surface area contributed by atoms with Crippen LogP contribution < -0.4 is 5.32 Å². The van der Waals surface area contributed by atoms with E-state index in [1.54, 1.807) is 24.3 Å². The Bertz CT molecular complexity index is 520. The molecule has 0 saturated carbocycles. The molecule has 2 rings (SSSR count). The quantitative estimate of drug-likeness (QED) is 0.805. The highest BCUT2D eigenvalue weighted by Crippen LogP contribution is 2.29. The summed E-state index contributed by atoms with van der Waals surface area (Å²) in [6, 6.07) is 12.0. The SMILES string of the molecule is CC(Nc1c(F)cccc1Cl)c1ccc(Cl)cc1. The Morgan fingerprint density at radius 1 is 1.06 bits per heavy atom. The molecule has 0 aliphatic rings. The maximum Gasteiger partial charge on any atom is 0.147 e. The zero-order valence-electron chi connectivity index (χ0n) is 9.75. The monoisotopic (exact) mass is 283 g/mol. The van der Waals surface area contributed by atoms with Crippen LogP contribution >= 0.6 is 23.2 Å². The van der Waals surface area contributed by atoms with Crippen LogP contribution in [0.5, 0.6) is 0 Å². The van der Waals surface area contributed by atoms with Crippen molar-refractivity contribution in [1.82, 2.24) is 0 Å². The third-order valence-corrected chi connectivity index (χ3v) is 3.26. The number of rotatable bonds is 3. The summed E-state index contributed by atoms with van der Waals surface area (Å²) in [5.41, 5.74) is 1.33. The van der Waals surface area contributed by atoms with Crippen molar-refractivity contribution < 1.29 is 4.39 Å². The molecule has 1 unspecified atom stereocenters. The highest BCUT2D eigenvalue weighted by atomic mass is 35.5. The molecular weight excluding hydrogens is 272 g/mol. The van der Waals surface area contributed by atoms with E-state index in [1.165, 1.54) is 6.07 Å². The molecule has 18 heavy (non-hydrogen) atoms. The maximum absolute atomic E-state index is 13.6. The predicted octanol–water partition coefficient (Wildman–Crippen LogP) is 5.31. The van der Waals surface area contributed by atoms with Gasteiger partial charge in [0.25, 0.3) is 0 Å². The molecule has 0 aromatic heterocycles. The van der Waals surface area contributed by atoms with Gasteiger partial charge < -0.3 is 5.32 Å². The molecule has 0 bridgehead atoms. The summed E-state index contributed by atoms with van der Waals surface area (Å²) in [6.45, 7) is 1.94. The number of para-hydroxylation sites is 1. The Kier molecular flexibility index (Phi) is 4.10. The molecule has 0 fully saturated rings. The predicted molar refractivity (Wildman–Crippen MR) is 74.9 cm³/mol. The molecule has 2 aromatic carbocycles. The Balaban J connectivity index is 2.21. The number of benzene rings is 2. The largest absolute Gasteiger partial charge is 0.375 e. The lowest BCUT2D eigenvalue weighted by atomic mass is 10.1. The van der Waals surface area contributed by atoms with Gasteiger partial charge in [0.05, 0.1) is 10.7 Å². The zero-order chi connectivity index (χ0) is 13.1. The Morgan fingerprint density at radius 3 is 2.33 bits per heavy atom. The first-order valence-electron chi connectivity index (χ1n) is 5.54. The van der Waals surface area contributed by atoms with Crippen LogP contribution in [-0.4, -0.2) is 0 Å². The second-order valence-electron chi connectivity index (χ2n) is 4.01. The lowest BCUT2D eigenvalue weighted by Gasteiger charge is -2.17. The summed E-state index contributed by atoms with van der Waals surface area (Å²) in [6.07, 6.45) is 0. The summed E-state index contributed by atoms with van der Waals surface area (Å²) in [7, 11) is 0. The third-order valence-electron chi connectivity index (χ3n) is 2.69. The van der Waals surface area contributed by atoms with Gasteiger partial charge in [0.1, 0.15) is 5.82 Å². The number of nitrogens with one attached hydrogen (secondary N) is 1. The summed E-state index contributed by atoms with van der Waals surface area (Å²) >= 11 is 11.8. The van der Waals surface area contributed by atoms with Crippen molar-refractivity contribution in [2.45, 2.75) is 13.0 Å². The van der Waals surface area contributed by atoms with Crippen LogP contribution in [0, 0.1) is 5.82 Å². The first kappa shape index (κ1) is 13.2. The van der Waals surface area contributed by atoms with Crippen molar-refractivity contribution in [1.29, 1.82) is 0 Å². The molecule has 0 aliphatic carbocycles. The zero-order valence-corrected chi connectivity index (χ0v) is 11.3. The molecule has 0 saturated heterocycles. The van der Waals surface area contributed by atoms with Crippen molar-refractivity contribution in [2.24, 2.45) is 0 Å². The van der Waals surface area contributed by atoms with E-state index in [0.29, 0.717) is 15.7 Å². The molecule has 0 aliphatic heterocycles. The number of halogens is 3. The average molecular weight is 284 g/mol. The fraction of sp³-hybridized carbons (Fsp3) is 0.143. The molecule has 0 heterocycles. The van der Waals surface area contributed by atoms with Crippen molar-refractivity contribution >= 4 is 28.9 Å². The molecule has 1 N–H and O–H groups in total. The first-order valence-corrected chi connectivity index (χ1v) is 6.29. The number of hydrogen-bond acceptors (Lipinski definition) is 1. The van der Waals surface area contributed by atoms with Crippen molar-refractivity contribution in [3.05, 3.63) is 63.9 Å². The minimum absolute atomic E-state index is 0.0586. The van der Waals surface area contributed by atoms with Gasteiger partial charge in [-0.25, -0.2) is 4.39 Å². The summed E-state index contributed by atoms with van der Waals surface area (Å²) < 4.78 is 13.6. The van der Waals surface area contributed by atoms with Crippen molar-refractivity contribution in [3.63, 3.8) is 0 Å². The van der Waals surface area contributed by atoms with Crippen LogP contribution in [0.2, 0.25) is 10.0 Å². The van der Waals surface area contributed by atoms with Gasteiger partial charge in [0, 0.05) is 11.1 Å². The van der Waals surface area contributed by atoms with Gasteiger partial charge >= 0.3 is 0 Å². The van der Waals surface area contributed by atoms with Gasteiger partial charge in [-0.2, -0.15) is 0 Å². The van der Waals surface area contributed by atoms with Crippen LogP contribution in [-0.2, 0) is 0 Å². The molecule has 4 heteroatoms. The van der Waals surface area contributed by atoms with Gasteiger partial charge in [0.15, 0.2) is 0 Å². The number of hydrogen-bond donors (Lipinski definition) is 1. The topological polar surface area (TPSA) is 12.0 Å². The van der Waals surface area contributed by atoms with E-state index in [-0.39, 0.29) is 11.9 Å². The van der Waals surface area contributed by atoms with Crippen molar-refractivity contribution in [3.8, 4) is 0 Å². The molecular formula is C14H12Cl2FN. The van der Waals surface area contributed by atoms with E-state index in [1.807, 2.05) is 19.1 Å². The lowest BCUT2D eigenvalue weighted by molar-refractivity contribution is 0.627. The maximum atomic E-state index is 13.6. The minimum atomic E-state index is -0.358. The molecule has 1 atom stereocenters. The number of anilines is 1. The van der Waals surface area contributed by atoms with E-state index in [4.69, 9.17) is 23.2 Å². The smallest absolute Gasteiger partial charge is 0.147 e. The first-order chi connectivity index (χ1) is 8.58. The highest BCUT2D eigenvalue weighted by molar-refractivity contribution is 6.33. The van der Waals surface area contributed by atoms with E-state index in [0.717, 1.165) is 5.56 Å². The van der Waals surface area contributed by atoms with Crippen molar-refractivity contribution in [2.75, 3.05) is 5.32 Å². The van der Waals surface area contributed by atoms with E-state index < -0.39 is 0 Å². The molecule has 0 amide bonds. The lowest BCUT2D eigenvalue weighted by Crippen LogP contribution is -2.08. The Hall–Kier alpha value is -1.25. The minimum Gasteiger partial charge on any atom is -0.375 e.